The SMILES string of the molecule is CC(C)(C)OC(=O)[C@H](Cc1ccc(Br)cc1I)N(C(=O)OC(C)(C)C)C(=O)OC(C)(C)C. The first-order valence-corrected chi connectivity index (χ1v) is 12.1. The van der Waals surface area contributed by atoms with Crippen molar-refractivity contribution in [2.75, 3.05) is 0 Å². The van der Waals surface area contributed by atoms with Crippen LogP contribution in [0.5, 0.6) is 0 Å². The summed E-state index contributed by atoms with van der Waals surface area (Å²) in [6.07, 6.45) is -1.91. The first kappa shape index (κ1) is 28.7. The Morgan fingerprint density at radius 1 is 0.875 bits per heavy atom. The normalized spacial score (nSPS) is 13.2. The Morgan fingerprint density at radius 3 is 1.69 bits per heavy atom. The van der Waals surface area contributed by atoms with Gasteiger partial charge in [-0.05, 0) is 103 Å². The molecular weight excluding hydrogens is 593 g/mol. The molecule has 1 atom stereocenters. The van der Waals surface area contributed by atoms with Gasteiger partial charge in [0.15, 0.2) is 0 Å². The second-order valence-electron chi connectivity index (χ2n) is 10.3. The van der Waals surface area contributed by atoms with Crippen LogP contribution in [0.25, 0.3) is 0 Å². The maximum Gasteiger partial charge on any atom is 0.420 e. The lowest BCUT2D eigenvalue weighted by atomic mass is 10.0. The molecule has 0 aliphatic rings. The molecule has 2 amide bonds. The van der Waals surface area contributed by atoms with Crippen LogP contribution in [0, 0.1) is 3.57 Å². The number of carbonyl (C=O) groups is 3. The monoisotopic (exact) mass is 625 g/mol. The van der Waals surface area contributed by atoms with Gasteiger partial charge in [0, 0.05) is 14.5 Å². The molecule has 0 bridgehead atoms. The third-order valence-corrected chi connectivity index (χ3v) is 5.10. The highest BCUT2D eigenvalue weighted by Crippen LogP contribution is 2.25. The molecule has 1 aromatic rings. The van der Waals surface area contributed by atoms with Crippen molar-refractivity contribution in [1.82, 2.24) is 4.90 Å². The molecule has 0 fully saturated rings. The van der Waals surface area contributed by atoms with Gasteiger partial charge >= 0.3 is 18.2 Å². The maximum atomic E-state index is 13.2. The van der Waals surface area contributed by atoms with E-state index in [4.69, 9.17) is 14.2 Å². The Hall–Kier alpha value is -1.36. The number of esters is 1. The molecule has 0 aliphatic heterocycles. The third kappa shape index (κ3) is 10.1. The average molecular weight is 626 g/mol. The number of rotatable bonds is 4. The fraction of sp³-hybridized carbons (Fsp3) is 0.609. The van der Waals surface area contributed by atoms with Gasteiger partial charge in [-0.25, -0.2) is 14.4 Å². The van der Waals surface area contributed by atoms with Crippen molar-refractivity contribution in [1.29, 1.82) is 0 Å². The summed E-state index contributed by atoms with van der Waals surface area (Å²) in [4.78, 5) is 40.2. The minimum atomic E-state index is -1.28. The molecule has 9 heteroatoms. The Kier molecular flexibility index (Phi) is 9.60. The van der Waals surface area contributed by atoms with E-state index >= 15 is 0 Å². The van der Waals surface area contributed by atoms with Gasteiger partial charge in [0.25, 0.3) is 0 Å². The first-order chi connectivity index (χ1) is 14.3. The van der Waals surface area contributed by atoms with Crippen molar-refractivity contribution < 1.29 is 28.6 Å². The van der Waals surface area contributed by atoms with Crippen LogP contribution in [-0.2, 0) is 25.4 Å². The van der Waals surface area contributed by atoms with Crippen LogP contribution in [0.1, 0.15) is 67.9 Å². The van der Waals surface area contributed by atoms with E-state index in [-0.39, 0.29) is 6.42 Å². The smallest absolute Gasteiger partial charge is 0.420 e. The summed E-state index contributed by atoms with van der Waals surface area (Å²) in [5, 5.41) is 0. The van der Waals surface area contributed by atoms with Crippen molar-refractivity contribution in [3.8, 4) is 0 Å². The zero-order chi connectivity index (χ0) is 25.1. The van der Waals surface area contributed by atoms with Gasteiger partial charge in [-0.1, -0.05) is 22.0 Å². The number of benzene rings is 1. The molecule has 7 nitrogen and oxygen atoms in total. The molecule has 0 spiro atoms. The summed E-state index contributed by atoms with van der Waals surface area (Å²) >= 11 is 5.56. The fourth-order valence-corrected chi connectivity index (χ4v) is 4.02. The molecule has 180 valence electrons. The number of carbonyl (C=O) groups excluding carboxylic acids is 3. The van der Waals surface area contributed by atoms with Crippen LogP contribution in [0.2, 0.25) is 0 Å². The molecule has 0 saturated carbocycles. The van der Waals surface area contributed by atoms with Crippen LogP contribution in [-0.4, -0.2) is 45.9 Å². The quantitative estimate of drug-likeness (QED) is 0.216. The van der Waals surface area contributed by atoms with Crippen LogP contribution in [0.3, 0.4) is 0 Å². The highest BCUT2D eigenvalue weighted by molar-refractivity contribution is 14.1. The molecule has 0 saturated heterocycles. The van der Waals surface area contributed by atoms with E-state index in [0.717, 1.165) is 18.5 Å². The topological polar surface area (TPSA) is 82.1 Å². The summed E-state index contributed by atoms with van der Waals surface area (Å²) < 4.78 is 18.2. The maximum absolute atomic E-state index is 13.2. The molecule has 0 radical (unpaired) electrons. The molecule has 0 heterocycles. The van der Waals surface area contributed by atoms with Crippen molar-refractivity contribution in [2.24, 2.45) is 0 Å². The van der Waals surface area contributed by atoms with E-state index in [1.165, 1.54) is 0 Å². The van der Waals surface area contributed by atoms with E-state index < -0.39 is 41.0 Å². The summed E-state index contributed by atoms with van der Waals surface area (Å²) in [5.41, 5.74) is -1.83. The largest absolute Gasteiger partial charge is 0.458 e. The van der Waals surface area contributed by atoms with Gasteiger partial charge in [-0.3, -0.25) is 0 Å². The van der Waals surface area contributed by atoms with Gasteiger partial charge in [-0.15, -0.1) is 0 Å². The number of ether oxygens (including phenoxy) is 3. The minimum Gasteiger partial charge on any atom is -0.458 e. The average Bonchev–Trinajstić information content (AvgIpc) is 2.51. The summed E-state index contributed by atoms with van der Waals surface area (Å²) in [7, 11) is 0. The van der Waals surface area contributed by atoms with Crippen LogP contribution >= 0.6 is 38.5 Å². The lowest BCUT2D eigenvalue weighted by Crippen LogP contribution is -2.54. The molecule has 0 aromatic heterocycles. The van der Waals surface area contributed by atoms with Gasteiger partial charge < -0.3 is 14.2 Å². The molecule has 1 aromatic carbocycles. The van der Waals surface area contributed by atoms with Crippen LogP contribution in [0.15, 0.2) is 22.7 Å². The van der Waals surface area contributed by atoms with Gasteiger partial charge in [0.05, 0.1) is 0 Å². The molecule has 0 aliphatic carbocycles. The highest BCUT2D eigenvalue weighted by atomic mass is 127. The second-order valence-corrected chi connectivity index (χ2v) is 12.4. The van der Waals surface area contributed by atoms with Crippen molar-refractivity contribution in [3.05, 3.63) is 31.8 Å². The standard InChI is InChI=1S/C23H33BrINO6/c1-21(2,3)30-18(27)17(12-14-10-11-15(24)13-16(14)25)26(19(28)31-22(4,5)6)20(29)32-23(7,8)9/h10-11,13,17H,12H2,1-9H3/t17-/m0/s1. The first-order valence-electron chi connectivity index (χ1n) is 10.2. The van der Waals surface area contributed by atoms with Crippen LogP contribution < -0.4 is 0 Å². The number of nitrogens with zero attached hydrogens (tertiary/aromatic N) is 1. The number of imide groups is 1. The Bertz CT molecular complexity index is 824. The highest BCUT2D eigenvalue weighted by Gasteiger charge is 2.42. The van der Waals surface area contributed by atoms with Crippen molar-refractivity contribution >= 4 is 56.7 Å². The van der Waals surface area contributed by atoms with E-state index in [9.17, 15) is 14.4 Å². The van der Waals surface area contributed by atoms with Gasteiger partial charge in [0.2, 0.25) is 0 Å². The predicted octanol–water partition coefficient (Wildman–Crippen LogP) is 6.48. The molecule has 1 rings (SSSR count). The van der Waals surface area contributed by atoms with Crippen molar-refractivity contribution in [2.45, 2.75) is 91.6 Å². The molecule has 0 unspecified atom stereocenters. The van der Waals surface area contributed by atoms with E-state index in [1.807, 2.05) is 18.2 Å². The number of hydrogen-bond donors (Lipinski definition) is 0. The van der Waals surface area contributed by atoms with Gasteiger partial charge in [0.1, 0.15) is 22.8 Å². The van der Waals surface area contributed by atoms with E-state index in [2.05, 4.69) is 38.5 Å². The lowest BCUT2D eigenvalue weighted by Gasteiger charge is -2.34. The number of halogens is 2. The summed E-state index contributed by atoms with van der Waals surface area (Å²) in [6.45, 7) is 15.2. The van der Waals surface area contributed by atoms with E-state index in [0.29, 0.717) is 0 Å². The Balaban J connectivity index is 3.53. The Labute approximate surface area is 212 Å². The predicted molar refractivity (Wildman–Crippen MR) is 135 cm³/mol. The van der Waals surface area contributed by atoms with Gasteiger partial charge in [-0.2, -0.15) is 4.90 Å². The lowest BCUT2D eigenvalue weighted by molar-refractivity contribution is -0.161. The zero-order valence-corrected chi connectivity index (χ0v) is 23.9. The van der Waals surface area contributed by atoms with E-state index in [1.54, 1.807) is 62.3 Å². The molecular formula is C23H33BrINO6. The molecule has 32 heavy (non-hydrogen) atoms. The fourth-order valence-electron chi connectivity index (χ4n) is 2.50. The summed E-state index contributed by atoms with van der Waals surface area (Å²) in [6, 6.07) is 4.25. The molecule has 0 N–H and O–H groups in total. The third-order valence-electron chi connectivity index (χ3n) is 3.60. The van der Waals surface area contributed by atoms with Crippen molar-refractivity contribution in [3.63, 3.8) is 0 Å². The van der Waals surface area contributed by atoms with Crippen LogP contribution in [0.4, 0.5) is 9.59 Å². The summed E-state index contributed by atoms with van der Waals surface area (Å²) in [5.74, 6) is -0.729. The zero-order valence-electron chi connectivity index (χ0n) is 20.2. The number of amides is 2. The number of hydrogen-bond acceptors (Lipinski definition) is 6. The second kappa shape index (κ2) is 10.7. The minimum absolute atomic E-state index is 0.0406. The Morgan fingerprint density at radius 2 is 1.31 bits per heavy atom.